The predicted octanol–water partition coefficient (Wildman–Crippen LogP) is 4.96. The average Bonchev–Trinajstić information content (AvgIpc) is 2.80. The Labute approximate surface area is 187 Å². The van der Waals surface area contributed by atoms with Gasteiger partial charge in [-0.25, -0.2) is 0 Å². The molecular formula is C27H36N2O2. The van der Waals surface area contributed by atoms with Crippen LogP contribution < -0.4 is 10.1 Å². The second-order valence-corrected chi connectivity index (χ2v) is 9.20. The number of nitrogens with zero attached hydrogens (tertiary/aromatic N) is 1. The molecule has 0 bridgehead atoms. The molecule has 0 spiro atoms. The number of ether oxygens (including phenoxy) is 1. The molecule has 1 saturated heterocycles. The van der Waals surface area contributed by atoms with Crippen molar-refractivity contribution in [1.29, 1.82) is 0 Å². The quantitative estimate of drug-likeness (QED) is 0.644. The van der Waals surface area contributed by atoms with Crippen LogP contribution in [0.2, 0.25) is 0 Å². The van der Waals surface area contributed by atoms with Crippen LogP contribution in [0.1, 0.15) is 72.0 Å². The molecule has 31 heavy (non-hydrogen) atoms. The van der Waals surface area contributed by atoms with Crippen LogP contribution in [0.25, 0.3) is 0 Å². The summed E-state index contributed by atoms with van der Waals surface area (Å²) < 4.78 is 5.71. The van der Waals surface area contributed by atoms with Gasteiger partial charge in [-0.1, -0.05) is 31.5 Å². The highest BCUT2D eigenvalue weighted by Crippen LogP contribution is 2.34. The van der Waals surface area contributed by atoms with Crippen molar-refractivity contribution in [1.82, 2.24) is 10.2 Å². The van der Waals surface area contributed by atoms with Crippen LogP contribution in [0.3, 0.4) is 0 Å². The van der Waals surface area contributed by atoms with Crippen molar-refractivity contribution in [2.45, 2.75) is 63.8 Å². The molecule has 1 fully saturated rings. The maximum absolute atomic E-state index is 12.9. The van der Waals surface area contributed by atoms with Gasteiger partial charge in [-0.05, 0) is 106 Å². The lowest BCUT2D eigenvalue weighted by molar-refractivity contribution is 0.0933. The molecule has 1 atom stereocenters. The molecule has 1 unspecified atom stereocenters. The second kappa shape index (κ2) is 10.3. The van der Waals surface area contributed by atoms with Crippen LogP contribution in [-0.4, -0.2) is 43.6 Å². The molecule has 1 amide bonds. The zero-order valence-electron chi connectivity index (χ0n) is 19.0. The molecule has 1 heterocycles. The molecule has 166 valence electrons. The van der Waals surface area contributed by atoms with Crippen molar-refractivity contribution in [3.8, 4) is 5.75 Å². The molecule has 0 saturated carbocycles. The molecule has 1 N–H and O–H groups in total. The van der Waals surface area contributed by atoms with Gasteiger partial charge in [0, 0.05) is 11.6 Å². The number of piperidine rings is 1. The molecule has 0 radical (unpaired) electrons. The molecule has 2 aromatic carbocycles. The number of rotatable bonds is 7. The summed E-state index contributed by atoms with van der Waals surface area (Å²) in [6.07, 6.45) is 7.63. The van der Waals surface area contributed by atoms with Gasteiger partial charge in [0.2, 0.25) is 0 Å². The highest BCUT2D eigenvalue weighted by molar-refractivity contribution is 5.94. The van der Waals surface area contributed by atoms with Gasteiger partial charge >= 0.3 is 0 Å². The summed E-state index contributed by atoms with van der Waals surface area (Å²) in [5, 5.41) is 3.30. The first kappa shape index (κ1) is 21.9. The van der Waals surface area contributed by atoms with Gasteiger partial charge in [0.25, 0.3) is 5.91 Å². The number of unbranched alkanes of at least 4 members (excludes halogenated alkanes) is 1. The third kappa shape index (κ3) is 5.48. The minimum Gasteiger partial charge on any atom is -0.494 e. The first-order valence-electron chi connectivity index (χ1n) is 12.0. The smallest absolute Gasteiger partial charge is 0.251 e. The third-order valence-corrected chi connectivity index (χ3v) is 6.90. The number of carbonyl (C=O) groups excluding carboxylic acids is 1. The van der Waals surface area contributed by atoms with Crippen molar-refractivity contribution in [2.75, 3.05) is 26.7 Å². The first-order valence-corrected chi connectivity index (χ1v) is 12.0. The van der Waals surface area contributed by atoms with Gasteiger partial charge in [0.15, 0.2) is 0 Å². The number of carbonyl (C=O) groups is 1. The van der Waals surface area contributed by atoms with E-state index in [0.717, 1.165) is 44.5 Å². The van der Waals surface area contributed by atoms with Crippen LogP contribution in [0.15, 0.2) is 42.5 Å². The van der Waals surface area contributed by atoms with Crippen molar-refractivity contribution in [3.63, 3.8) is 0 Å². The Morgan fingerprint density at radius 3 is 2.61 bits per heavy atom. The Balaban J connectivity index is 1.39. The SMILES string of the molecule is CCCCOc1ccc(C(=O)NC2CCc3cccc(C4CCN(C)CC4)c3C2)cc1. The Kier molecular flexibility index (Phi) is 7.29. The number of aryl methyl sites for hydroxylation is 1. The maximum Gasteiger partial charge on any atom is 0.251 e. The van der Waals surface area contributed by atoms with E-state index in [0.29, 0.717) is 11.5 Å². The maximum atomic E-state index is 12.9. The Hall–Kier alpha value is -2.33. The number of fused-ring (bicyclic) bond motifs is 1. The molecule has 2 aromatic rings. The average molecular weight is 421 g/mol. The summed E-state index contributed by atoms with van der Waals surface area (Å²) in [4.78, 5) is 15.3. The van der Waals surface area contributed by atoms with Gasteiger partial charge in [-0.3, -0.25) is 4.79 Å². The highest BCUT2D eigenvalue weighted by Gasteiger charge is 2.27. The topological polar surface area (TPSA) is 41.6 Å². The monoisotopic (exact) mass is 420 g/mol. The van der Waals surface area contributed by atoms with Crippen LogP contribution in [0, 0.1) is 0 Å². The van der Waals surface area contributed by atoms with E-state index < -0.39 is 0 Å². The number of hydrogen-bond acceptors (Lipinski definition) is 3. The lowest BCUT2D eigenvalue weighted by atomic mass is 9.79. The van der Waals surface area contributed by atoms with E-state index in [-0.39, 0.29) is 11.9 Å². The molecular weight excluding hydrogens is 384 g/mol. The van der Waals surface area contributed by atoms with Crippen molar-refractivity contribution < 1.29 is 9.53 Å². The van der Waals surface area contributed by atoms with E-state index in [9.17, 15) is 4.79 Å². The van der Waals surface area contributed by atoms with E-state index in [4.69, 9.17) is 4.74 Å². The number of benzene rings is 2. The highest BCUT2D eigenvalue weighted by atomic mass is 16.5. The fraction of sp³-hybridized carbons (Fsp3) is 0.519. The van der Waals surface area contributed by atoms with Crippen molar-refractivity contribution in [3.05, 3.63) is 64.7 Å². The Morgan fingerprint density at radius 1 is 1.10 bits per heavy atom. The van der Waals surface area contributed by atoms with Crippen LogP contribution in [0.5, 0.6) is 5.75 Å². The zero-order valence-corrected chi connectivity index (χ0v) is 19.0. The van der Waals surface area contributed by atoms with Crippen LogP contribution >= 0.6 is 0 Å². The lowest BCUT2D eigenvalue weighted by Gasteiger charge is -2.33. The number of hydrogen-bond donors (Lipinski definition) is 1. The minimum atomic E-state index is 0.0188. The van der Waals surface area contributed by atoms with Gasteiger partial charge in [-0.15, -0.1) is 0 Å². The van der Waals surface area contributed by atoms with E-state index in [1.54, 1.807) is 0 Å². The van der Waals surface area contributed by atoms with Gasteiger partial charge in [0.05, 0.1) is 6.61 Å². The third-order valence-electron chi connectivity index (χ3n) is 6.90. The predicted molar refractivity (Wildman–Crippen MR) is 126 cm³/mol. The van der Waals surface area contributed by atoms with E-state index in [1.807, 2.05) is 24.3 Å². The Bertz CT molecular complexity index is 869. The summed E-state index contributed by atoms with van der Waals surface area (Å²) in [6, 6.07) is 14.6. The normalized spacial score (nSPS) is 19.6. The zero-order chi connectivity index (χ0) is 21.6. The van der Waals surface area contributed by atoms with Gasteiger partial charge in [-0.2, -0.15) is 0 Å². The standard InChI is InChI=1S/C27H36N2O2/c1-3-4-18-31-24-12-9-22(10-13-24)27(30)28-23-11-8-20-6-5-7-25(26(20)19-23)21-14-16-29(2)17-15-21/h5-7,9-10,12-13,21,23H,3-4,8,11,14-19H2,1-2H3,(H,28,30). The van der Waals surface area contributed by atoms with Crippen LogP contribution in [0.4, 0.5) is 0 Å². The fourth-order valence-electron chi connectivity index (χ4n) is 4.95. The van der Waals surface area contributed by atoms with Gasteiger partial charge in [0.1, 0.15) is 5.75 Å². The second-order valence-electron chi connectivity index (χ2n) is 9.20. The summed E-state index contributed by atoms with van der Waals surface area (Å²) in [6.45, 7) is 5.22. The summed E-state index contributed by atoms with van der Waals surface area (Å²) in [5.74, 6) is 1.51. The molecule has 4 heteroatoms. The summed E-state index contributed by atoms with van der Waals surface area (Å²) >= 11 is 0. The molecule has 2 aliphatic rings. The van der Waals surface area contributed by atoms with Gasteiger partial charge < -0.3 is 15.0 Å². The van der Waals surface area contributed by atoms with E-state index in [2.05, 4.69) is 42.4 Å². The molecule has 1 aliphatic carbocycles. The summed E-state index contributed by atoms with van der Waals surface area (Å²) in [7, 11) is 2.21. The first-order chi connectivity index (χ1) is 15.1. The largest absolute Gasteiger partial charge is 0.494 e. The van der Waals surface area contributed by atoms with Crippen molar-refractivity contribution in [2.24, 2.45) is 0 Å². The van der Waals surface area contributed by atoms with Crippen LogP contribution in [-0.2, 0) is 12.8 Å². The minimum absolute atomic E-state index is 0.0188. The Morgan fingerprint density at radius 2 is 1.87 bits per heavy atom. The summed E-state index contributed by atoms with van der Waals surface area (Å²) in [5.41, 5.74) is 5.21. The molecule has 4 nitrogen and oxygen atoms in total. The van der Waals surface area contributed by atoms with Crippen molar-refractivity contribution >= 4 is 5.91 Å². The number of amides is 1. The van der Waals surface area contributed by atoms with E-state index >= 15 is 0 Å². The van der Waals surface area contributed by atoms with E-state index in [1.165, 1.54) is 42.6 Å². The molecule has 0 aromatic heterocycles. The number of likely N-dealkylation sites (tertiary alicyclic amines) is 1. The lowest BCUT2D eigenvalue weighted by Crippen LogP contribution is -2.39. The fourth-order valence-corrected chi connectivity index (χ4v) is 4.95. The molecule has 1 aliphatic heterocycles. The number of nitrogens with one attached hydrogen (secondary N) is 1. The molecule has 4 rings (SSSR count).